The molecule has 1 rings (SSSR count). The molecule has 0 aromatic rings. The summed E-state index contributed by atoms with van der Waals surface area (Å²) in [5.41, 5.74) is 1.84. The second-order valence-electron chi connectivity index (χ2n) is 2.76. The molecule has 0 saturated carbocycles. The summed E-state index contributed by atoms with van der Waals surface area (Å²) >= 11 is 15.7. The lowest BCUT2D eigenvalue weighted by Gasteiger charge is -2.35. The van der Waals surface area contributed by atoms with Crippen LogP contribution in [0.2, 0.25) is 0 Å². The van der Waals surface area contributed by atoms with Crippen molar-refractivity contribution < 1.29 is 22.0 Å². The fourth-order valence-corrected chi connectivity index (χ4v) is 1.37. The third-order valence-corrected chi connectivity index (χ3v) is 2.25. The summed E-state index contributed by atoms with van der Waals surface area (Å²) < 4.78 is 59.5. The summed E-state index contributed by atoms with van der Waals surface area (Å²) in [6.45, 7) is 0. The average molecular weight is 306 g/mol. The predicted octanol–water partition coefficient (Wildman–Crippen LogP) is 2.69. The van der Waals surface area contributed by atoms with Crippen molar-refractivity contribution in [1.29, 1.82) is 0 Å². The third kappa shape index (κ3) is 2.38. The predicted molar refractivity (Wildman–Crippen MR) is 48.5 cm³/mol. The van der Waals surface area contributed by atoms with Gasteiger partial charge in [-0.25, -0.2) is 0 Å². The Hall–Kier alpha value is -0.210. The van der Waals surface area contributed by atoms with E-state index < -0.39 is 27.1 Å². The number of hydrazone groups is 1. The standard InChI is InChI=1S/C5H3Cl3F5N3/c6-3(7,8)2-15-14-1-16(2)5(12,13)4(9,10)11/h1-2,15H. The van der Waals surface area contributed by atoms with Gasteiger partial charge in [0, 0.05) is 0 Å². The van der Waals surface area contributed by atoms with Gasteiger partial charge in [0.25, 0.3) is 0 Å². The van der Waals surface area contributed by atoms with Crippen molar-refractivity contribution in [3.63, 3.8) is 0 Å². The molecule has 0 aliphatic carbocycles. The summed E-state index contributed by atoms with van der Waals surface area (Å²) in [6, 6.07) is -5.19. The maximum atomic E-state index is 12.9. The molecular formula is C5H3Cl3F5N3. The SMILES string of the molecule is FC(F)(F)C(F)(F)N1C=NNC1C(Cl)(Cl)Cl. The minimum atomic E-state index is -5.81. The van der Waals surface area contributed by atoms with Gasteiger partial charge in [-0.2, -0.15) is 27.1 Å². The minimum Gasteiger partial charge on any atom is -0.282 e. The highest BCUT2D eigenvalue weighted by Gasteiger charge is 2.65. The van der Waals surface area contributed by atoms with Crippen LogP contribution in [0.25, 0.3) is 0 Å². The Labute approximate surface area is 101 Å². The molecule has 11 heteroatoms. The summed E-state index contributed by atoms with van der Waals surface area (Å²) in [6.07, 6.45) is -7.49. The lowest BCUT2D eigenvalue weighted by molar-refractivity contribution is -0.330. The fraction of sp³-hybridized carbons (Fsp3) is 0.800. The largest absolute Gasteiger partial charge is 0.475 e. The van der Waals surface area contributed by atoms with E-state index in [4.69, 9.17) is 34.8 Å². The molecule has 1 unspecified atom stereocenters. The molecule has 1 aliphatic heterocycles. The number of alkyl halides is 8. The van der Waals surface area contributed by atoms with E-state index in [1.54, 1.807) is 0 Å². The summed E-state index contributed by atoms with van der Waals surface area (Å²) in [4.78, 5) is -0.500. The van der Waals surface area contributed by atoms with E-state index in [0.717, 1.165) is 0 Å². The Morgan fingerprint density at radius 1 is 1.12 bits per heavy atom. The van der Waals surface area contributed by atoms with Gasteiger partial charge in [-0.3, -0.25) is 10.3 Å². The molecule has 0 saturated heterocycles. The molecule has 1 aliphatic rings. The van der Waals surface area contributed by atoms with Crippen molar-refractivity contribution in [3.8, 4) is 0 Å². The Morgan fingerprint density at radius 2 is 1.62 bits per heavy atom. The summed E-state index contributed by atoms with van der Waals surface area (Å²) in [5.74, 6) is 0. The number of nitrogens with one attached hydrogen (secondary N) is 1. The van der Waals surface area contributed by atoms with Crippen LogP contribution in [0.5, 0.6) is 0 Å². The first kappa shape index (κ1) is 13.9. The zero-order valence-corrected chi connectivity index (χ0v) is 9.34. The fourth-order valence-electron chi connectivity index (χ4n) is 0.907. The molecule has 0 spiro atoms. The summed E-state index contributed by atoms with van der Waals surface area (Å²) in [5, 5.41) is 3.01. The van der Waals surface area contributed by atoms with Gasteiger partial charge in [0.2, 0.25) is 3.79 Å². The van der Waals surface area contributed by atoms with Gasteiger partial charge < -0.3 is 0 Å². The van der Waals surface area contributed by atoms with E-state index in [2.05, 4.69) is 5.10 Å². The lowest BCUT2D eigenvalue weighted by atomic mass is 10.4. The summed E-state index contributed by atoms with van der Waals surface area (Å²) in [7, 11) is 0. The van der Waals surface area contributed by atoms with Crippen LogP contribution in [0.3, 0.4) is 0 Å². The zero-order valence-electron chi connectivity index (χ0n) is 7.07. The van der Waals surface area contributed by atoms with Gasteiger partial charge >= 0.3 is 12.2 Å². The minimum absolute atomic E-state index is 0.222. The topological polar surface area (TPSA) is 27.6 Å². The quantitative estimate of drug-likeness (QED) is 0.458. The second-order valence-corrected chi connectivity index (χ2v) is 5.13. The first-order chi connectivity index (χ1) is 6.98. The Kier molecular flexibility index (Phi) is 3.39. The van der Waals surface area contributed by atoms with Crippen LogP contribution in [-0.4, -0.2) is 33.4 Å². The normalized spacial score (nSPS) is 22.5. The first-order valence-corrected chi connectivity index (χ1v) is 4.69. The molecule has 0 amide bonds. The molecule has 0 bridgehead atoms. The van der Waals surface area contributed by atoms with Crippen molar-refractivity contribution >= 4 is 41.1 Å². The lowest BCUT2D eigenvalue weighted by Crippen LogP contribution is -2.59. The highest BCUT2D eigenvalue weighted by molar-refractivity contribution is 6.68. The first-order valence-electron chi connectivity index (χ1n) is 3.56. The zero-order chi connectivity index (χ0) is 12.8. The van der Waals surface area contributed by atoms with Crippen molar-refractivity contribution in [1.82, 2.24) is 10.3 Å². The van der Waals surface area contributed by atoms with Crippen LogP contribution in [0.4, 0.5) is 22.0 Å². The van der Waals surface area contributed by atoms with Crippen LogP contribution >= 0.6 is 34.8 Å². The second kappa shape index (κ2) is 3.92. The van der Waals surface area contributed by atoms with E-state index in [1.807, 2.05) is 5.43 Å². The van der Waals surface area contributed by atoms with Gasteiger partial charge in [-0.05, 0) is 0 Å². The van der Waals surface area contributed by atoms with Crippen LogP contribution in [0, 0.1) is 0 Å². The molecule has 1 heterocycles. The van der Waals surface area contributed by atoms with Crippen molar-refractivity contribution in [2.75, 3.05) is 0 Å². The van der Waals surface area contributed by atoms with E-state index >= 15 is 0 Å². The molecule has 1 N–H and O–H groups in total. The van der Waals surface area contributed by atoms with Crippen molar-refractivity contribution in [3.05, 3.63) is 0 Å². The molecule has 0 aromatic carbocycles. The van der Waals surface area contributed by atoms with Crippen molar-refractivity contribution in [2.45, 2.75) is 22.2 Å². The number of rotatable bonds is 1. The number of hydrogen-bond acceptors (Lipinski definition) is 3. The average Bonchev–Trinajstić information content (AvgIpc) is 2.47. The van der Waals surface area contributed by atoms with Gasteiger partial charge in [0.1, 0.15) is 6.34 Å². The highest BCUT2D eigenvalue weighted by Crippen LogP contribution is 2.43. The van der Waals surface area contributed by atoms with E-state index in [-0.39, 0.29) is 6.34 Å². The Balaban J connectivity index is 3.00. The van der Waals surface area contributed by atoms with Gasteiger partial charge in [-0.15, -0.1) is 0 Å². The molecule has 0 aromatic heterocycles. The Bertz CT molecular complexity index is 299. The van der Waals surface area contributed by atoms with Gasteiger partial charge in [-0.1, -0.05) is 34.8 Å². The van der Waals surface area contributed by atoms with Crippen LogP contribution < -0.4 is 5.43 Å². The molecular weight excluding hydrogens is 303 g/mol. The number of halogens is 8. The van der Waals surface area contributed by atoms with Gasteiger partial charge in [0.05, 0.1) is 0 Å². The Morgan fingerprint density at radius 3 is 2.00 bits per heavy atom. The highest BCUT2D eigenvalue weighted by atomic mass is 35.6. The molecule has 0 radical (unpaired) electrons. The monoisotopic (exact) mass is 305 g/mol. The van der Waals surface area contributed by atoms with Crippen LogP contribution in [-0.2, 0) is 0 Å². The molecule has 16 heavy (non-hydrogen) atoms. The number of nitrogens with zero attached hydrogens (tertiary/aromatic N) is 2. The number of hydrogen-bond donors (Lipinski definition) is 1. The van der Waals surface area contributed by atoms with Crippen LogP contribution in [0.1, 0.15) is 0 Å². The van der Waals surface area contributed by atoms with Gasteiger partial charge in [0.15, 0.2) is 6.17 Å². The van der Waals surface area contributed by atoms with Crippen LogP contribution in [0.15, 0.2) is 5.10 Å². The molecule has 94 valence electrons. The third-order valence-electron chi connectivity index (χ3n) is 1.63. The van der Waals surface area contributed by atoms with E-state index in [1.165, 1.54) is 0 Å². The molecule has 3 nitrogen and oxygen atoms in total. The molecule has 1 atom stereocenters. The molecule has 0 fully saturated rings. The van der Waals surface area contributed by atoms with Crippen molar-refractivity contribution in [2.24, 2.45) is 5.10 Å². The maximum Gasteiger partial charge on any atom is 0.475 e. The van der Waals surface area contributed by atoms with E-state index in [0.29, 0.717) is 0 Å². The van der Waals surface area contributed by atoms with E-state index in [9.17, 15) is 22.0 Å². The smallest absolute Gasteiger partial charge is 0.282 e. The maximum absolute atomic E-state index is 12.9.